The maximum atomic E-state index is 10.7. The summed E-state index contributed by atoms with van der Waals surface area (Å²) < 4.78 is 3.92. The molecule has 1 saturated heterocycles. The number of fused-ring (bicyclic) bond motifs is 3. The monoisotopic (exact) mass is 492 g/mol. The van der Waals surface area contributed by atoms with E-state index in [1.54, 1.807) is 25.1 Å². The Balaban J connectivity index is 1.55. The number of aliphatic hydroxyl groups is 1. The van der Waals surface area contributed by atoms with Crippen LogP contribution in [-0.4, -0.2) is 42.3 Å². The highest BCUT2D eigenvalue weighted by molar-refractivity contribution is 6.39. The predicted molar refractivity (Wildman–Crippen MR) is 134 cm³/mol. The molecule has 2 atom stereocenters. The zero-order chi connectivity index (χ0) is 23.4. The first-order valence-electron chi connectivity index (χ1n) is 11.2. The lowest BCUT2D eigenvalue weighted by molar-refractivity contribution is 0.194. The van der Waals surface area contributed by atoms with Crippen molar-refractivity contribution in [1.82, 2.24) is 29.5 Å². The molecule has 0 saturated carbocycles. The van der Waals surface area contributed by atoms with Gasteiger partial charge in [0.1, 0.15) is 5.65 Å². The summed E-state index contributed by atoms with van der Waals surface area (Å²) in [4.78, 5) is 9.61. The molecular formula is C25H22Cl2N6O. The van der Waals surface area contributed by atoms with Crippen LogP contribution in [0.15, 0.2) is 55.1 Å². The zero-order valence-corrected chi connectivity index (χ0v) is 19.9. The van der Waals surface area contributed by atoms with Crippen molar-refractivity contribution in [3.05, 3.63) is 70.9 Å². The molecule has 1 aromatic carbocycles. The van der Waals surface area contributed by atoms with Gasteiger partial charge in [0, 0.05) is 47.2 Å². The molecule has 0 radical (unpaired) electrons. The largest absolute Gasteiger partial charge is 0.387 e. The smallest absolute Gasteiger partial charge is 0.147 e. The normalized spacial score (nSPS) is 17.1. The number of aliphatic hydroxyl groups excluding tert-OH is 1. The number of aromatic nitrogens is 5. The third kappa shape index (κ3) is 3.47. The summed E-state index contributed by atoms with van der Waals surface area (Å²) in [6.07, 6.45) is 7.97. The summed E-state index contributed by atoms with van der Waals surface area (Å²) in [6.45, 7) is 3.66. The van der Waals surface area contributed by atoms with Crippen molar-refractivity contribution in [1.29, 1.82) is 0 Å². The van der Waals surface area contributed by atoms with E-state index in [0.29, 0.717) is 38.7 Å². The SMILES string of the molecule is CC(O)c1c(-c2c(Cl)cccc2Cl)nc2c3cc(-c4cnn(C5CCNC5)c4)cnc3ccn12. The van der Waals surface area contributed by atoms with E-state index in [1.165, 1.54) is 0 Å². The molecule has 9 heteroatoms. The third-order valence-electron chi connectivity index (χ3n) is 6.43. The number of pyridine rings is 2. The Hall–Kier alpha value is -2.97. The van der Waals surface area contributed by atoms with Crippen LogP contribution in [-0.2, 0) is 0 Å². The molecule has 0 bridgehead atoms. The Morgan fingerprint density at radius 1 is 1.15 bits per heavy atom. The molecule has 5 heterocycles. The second-order valence-corrected chi connectivity index (χ2v) is 9.45. The van der Waals surface area contributed by atoms with Crippen molar-refractivity contribution in [2.24, 2.45) is 0 Å². The van der Waals surface area contributed by atoms with E-state index in [9.17, 15) is 5.11 Å². The Bertz CT molecular complexity index is 1510. The molecule has 1 aliphatic rings. The maximum Gasteiger partial charge on any atom is 0.147 e. The average Bonchev–Trinajstić information content (AvgIpc) is 3.57. The van der Waals surface area contributed by atoms with E-state index in [0.717, 1.165) is 41.5 Å². The molecule has 1 fully saturated rings. The standard InChI is InChI=1S/C25H22Cl2N6O/c1-14(34)24-23(22-19(26)3-2-4-20(22)27)31-25-18-9-15(10-29-21(18)6-8-32(24)25)16-11-30-33(13-16)17-5-7-28-12-17/h2-4,6,8-11,13-14,17,28,34H,5,7,12H2,1H3. The van der Waals surface area contributed by atoms with Crippen LogP contribution in [0.3, 0.4) is 0 Å². The molecule has 172 valence electrons. The second kappa shape index (κ2) is 8.36. The molecule has 7 nitrogen and oxygen atoms in total. The molecule has 6 rings (SSSR count). The third-order valence-corrected chi connectivity index (χ3v) is 7.06. The number of nitrogens with zero attached hydrogens (tertiary/aromatic N) is 5. The second-order valence-electron chi connectivity index (χ2n) is 8.64. The Kier molecular flexibility index (Phi) is 5.30. The van der Waals surface area contributed by atoms with Gasteiger partial charge >= 0.3 is 0 Å². The van der Waals surface area contributed by atoms with Gasteiger partial charge in [0.05, 0.1) is 45.3 Å². The van der Waals surface area contributed by atoms with Crippen molar-refractivity contribution in [2.75, 3.05) is 13.1 Å². The minimum Gasteiger partial charge on any atom is -0.387 e. The van der Waals surface area contributed by atoms with Crippen LogP contribution in [0.25, 0.3) is 38.9 Å². The summed E-state index contributed by atoms with van der Waals surface area (Å²) in [5.74, 6) is 0. The minimum absolute atomic E-state index is 0.373. The van der Waals surface area contributed by atoms with Gasteiger partial charge in [-0.05, 0) is 44.2 Å². The highest BCUT2D eigenvalue weighted by atomic mass is 35.5. The first-order chi connectivity index (χ1) is 16.5. The molecule has 4 aromatic heterocycles. The van der Waals surface area contributed by atoms with E-state index in [-0.39, 0.29) is 0 Å². The minimum atomic E-state index is -0.788. The molecule has 0 amide bonds. The van der Waals surface area contributed by atoms with Gasteiger partial charge < -0.3 is 14.8 Å². The van der Waals surface area contributed by atoms with Crippen LogP contribution in [0.5, 0.6) is 0 Å². The van der Waals surface area contributed by atoms with Gasteiger partial charge in [-0.3, -0.25) is 9.67 Å². The van der Waals surface area contributed by atoms with Crippen molar-refractivity contribution in [3.63, 3.8) is 0 Å². The van der Waals surface area contributed by atoms with Gasteiger partial charge in [-0.15, -0.1) is 0 Å². The predicted octanol–water partition coefficient (Wildman–Crippen LogP) is 5.31. The van der Waals surface area contributed by atoms with E-state index < -0.39 is 6.10 Å². The highest BCUT2D eigenvalue weighted by Gasteiger charge is 2.23. The number of hydrogen-bond acceptors (Lipinski definition) is 5. The Labute approximate surface area is 206 Å². The number of benzene rings is 1. The van der Waals surface area contributed by atoms with E-state index >= 15 is 0 Å². The van der Waals surface area contributed by atoms with Crippen LogP contribution in [0.1, 0.15) is 31.2 Å². The van der Waals surface area contributed by atoms with Gasteiger partial charge in [0.25, 0.3) is 0 Å². The van der Waals surface area contributed by atoms with Crippen molar-refractivity contribution in [3.8, 4) is 22.4 Å². The molecule has 2 N–H and O–H groups in total. The number of rotatable bonds is 4. The van der Waals surface area contributed by atoms with Crippen molar-refractivity contribution < 1.29 is 5.11 Å². The van der Waals surface area contributed by atoms with Gasteiger partial charge in [-0.1, -0.05) is 29.3 Å². The number of imidazole rings is 1. The molecule has 2 unspecified atom stereocenters. The summed E-state index contributed by atoms with van der Waals surface area (Å²) in [5, 5.41) is 20.5. The van der Waals surface area contributed by atoms with Crippen molar-refractivity contribution in [2.45, 2.75) is 25.5 Å². The quantitative estimate of drug-likeness (QED) is 0.355. The summed E-state index contributed by atoms with van der Waals surface area (Å²) in [7, 11) is 0. The fraction of sp³-hybridized carbons (Fsp3) is 0.240. The lowest BCUT2D eigenvalue weighted by atomic mass is 10.1. The van der Waals surface area contributed by atoms with Gasteiger partial charge in [0.15, 0.2) is 0 Å². The molecule has 0 aliphatic carbocycles. The van der Waals surface area contributed by atoms with Crippen LogP contribution < -0.4 is 5.32 Å². The van der Waals surface area contributed by atoms with E-state index in [4.69, 9.17) is 28.2 Å². The Morgan fingerprint density at radius 2 is 1.97 bits per heavy atom. The zero-order valence-electron chi connectivity index (χ0n) is 18.4. The summed E-state index contributed by atoms with van der Waals surface area (Å²) in [6, 6.07) is 9.70. The van der Waals surface area contributed by atoms with Crippen LogP contribution >= 0.6 is 23.2 Å². The lowest BCUT2D eigenvalue weighted by Gasteiger charge is -2.10. The van der Waals surface area contributed by atoms with E-state index in [1.807, 2.05) is 33.7 Å². The molecular weight excluding hydrogens is 471 g/mol. The molecule has 34 heavy (non-hydrogen) atoms. The van der Waals surface area contributed by atoms with Crippen LogP contribution in [0, 0.1) is 0 Å². The van der Waals surface area contributed by atoms with E-state index in [2.05, 4.69) is 27.7 Å². The van der Waals surface area contributed by atoms with Crippen molar-refractivity contribution >= 4 is 39.8 Å². The van der Waals surface area contributed by atoms with Gasteiger partial charge in [0.2, 0.25) is 0 Å². The lowest BCUT2D eigenvalue weighted by Crippen LogP contribution is -2.13. The first kappa shape index (κ1) is 21.6. The number of nitrogens with one attached hydrogen (secondary N) is 1. The van der Waals surface area contributed by atoms with Crippen LogP contribution in [0.2, 0.25) is 10.0 Å². The maximum absolute atomic E-state index is 10.7. The highest BCUT2D eigenvalue weighted by Crippen LogP contribution is 2.39. The van der Waals surface area contributed by atoms with Gasteiger partial charge in [-0.25, -0.2) is 4.98 Å². The molecule has 0 spiro atoms. The topological polar surface area (TPSA) is 80.3 Å². The first-order valence-corrected chi connectivity index (χ1v) is 12.0. The number of halogens is 2. The molecule has 1 aliphatic heterocycles. The fourth-order valence-corrected chi connectivity index (χ4v) is 5.31. The van der Waals surface area contributed by atoms with Gasteiger partial charge in [-0.2, -0.15) is 5.10 Å². The fourth-order valence-electron chi connectivity index (χ4n) is 4.74. The summed E-state index contributed by atoms with van der Waals surface area (Å²) in [5.41, 5.74) is 5.23. The van der Waals surface area contributed by atoms with Crippen LogP contribution in [0.4, 0.5) is 0 Å². The summed E-state index contributed by atoms with van der Waals surface area (Å²) >= 11 is 13.0. The number of hydrogen-bond donors (Lipinski definition) is 2. The Morgan fingerprint density at radius 3 is 2.71 bits per heavy atom. The average molecular weight is 493 g/mol. The molecule has 5 aromatic rings.